The summed E-state index contributed by atoms with van der Waals surface area (Å²) in [6, 6.07) is 0.498. The van der Waals surface area contributed by atoms with Gasteiger partial charge in [0, 0.05) is 32.2 Å². The molecule has 0 aromatic carbocycles. The largest absolute Gasteiger partial charge is 0.393 e. The molecule has 4 unspecified atom stereocenters. The fraction of sp³-hybridized carbons (Fsp3) is 1.00. The molecule has 0 aromatic heterocycles. The molecule has 14 heavy (non-hydrogen) atoms. The quantitative estimate of drug-likeness (QED) is 0.727. The Bertz CT molecular complexity index is 198. The van der Waals surface area contributed by atoms with E-state index in [0.29, 0.717) is 12.0 Å². The molecule has 3 heteroatoms. The number of hydrogen-bond acceptors (Lipinski definition) is 3. The molecular formula is C11H21NO2. The monoisotopic (exact) mass is 199 g/mol. The molecule has 0 amide bonds. The Kier molecular flexibility index (Phi) is 3.10. The molecule has 0 radical (unpaired) electrons. The van der Waals surface area contributed by atoms with Crippen molar-refractivity contribution < 1.29 is 9.84 Å². The van der Waals surface area contributed by atoms with E-state index < -0.39 is 0 Å². The lowest BCUT2D eigenvalue weighted by atomic mass is 10.00. The Balaban J connectivity index is 1.88. The number of nitrogens with zero attached hydrogens (tertiary/aromatic N) is 1. The zero-order valence-electron chi connectivity index (χ0n) is 9.15. The highest BCUT2D eigenvalue weighted by Gasteiger charge is 2.42. The van der Waals surface area contributed by atoms with Crippen LogP contribution < -0.4 is 0 Å². The van der Waals surface area contributed by atoms with Gasteiger partial charge in [0.2, 0.25) is 0 Å². The number of aliphatic hydroxyl groups excluding tert-OH is 1. The van der Waals surface area contributed by atoms with Crippen LogP contribution in [-0.4, -0.2) is 49.0 Å². The van der Waals surface area contributed by atoms with Crippen LogP contribution in [0.1, 0.15) is 19.8 Å². The average molecular weight is 199 g/mol. The molecule has 0 aromatic rings. The van der Waals surface area contributed by atoms with Gasteiger partial charge >= 0.3 is 0 Å². The van der Waals surface area contributed by atoms with Crippen LogP contribution in [0.5, 0.6) is 0 Å². The molecule has 0 bridgehead atoms. The maximum atomic E-state index is 9.77. The van der Waals surface area contributed by atoms with Gasteiger partial charge in [-0.1, -0.05) is 0 Å². The van der Waals surface area contributed by atoms with Crippen LogP contribution >= 0.6 is 0 Å². The molecule has 2 aliphatic rings. The Morgan fingerprint density at radius 1 is 1.43 bits per heavy atom. The van der Waals surface area contributed by atoms with Gasteiger partial charge in [0.25, 0.3) is 0 Å². The fourth-order valence-corrected chi connectivity index (χ4v) is 2.98. The van der Waals surface area contributed by atoms with Gasteiger partial charge in [-0.2, -0.15) is 0 Å². The summed E-state index contributed by atoms with van der Waals surface area (Å²) in [7, 11) is 1.75. The Morgan fingerprint density at radius 3 is 2.86 bits per heavy atom. The summed E-state index contributed by atoms with van der Waals surface area (Å²) in [5, 5.41) is 9.77. The molecule has 3 nitrogen and oxygen atoms in total. The van der Waals surface area contributed by atoms with Gasteiger partial charge in [-0.15, -0.1) is 0 Å². The van der Waals surface area contributed by atoms with Crippen LogP contribution in [0.25, 0.3) is 0 Å². The number of methoxy groups -OCH3 is 1. The SMILES string of the molecule is COCC(C)N1CC2CCC(O)C2C1. The molecule has 1 saturated heterocycles. The molecule has 2 fully saturated rings. The summed E-state index contributed by atoms with van der Waals surface area (Å²) in [5.41, 5.74) is 0. The predicted molar refractivity (Wildman–Crippen MR) is 55.1 cm³/mol. The summed E-state index contributed by atoms with van der Waals surface area (Å²) in [5.74, 6) is 1.28. The lowest BCUT2D eigenvalue weighted by Gasteiger charge is -2.24. The zero-order valence-corrected chi connectivity index (χ0v) is 9.15. The third-order valence-electron chi connectivity index (χ3n) is 3.88. The summed E-state index contributed by atoms with van der Waals surface area (Å²) in [4.78, 5) is 2.46. The van der Waals surface area contributed by atoms with Crippen LogP contribution in [0.3, 0.4) is 0 Å². The molecule has 0 spiro atoms. The van der Waals surface area contributed by atoms with E-state index in [1.807, 2.05) is 0 Å². The van der Waals surface area contributed by atoms with E-state index in [-0.39, 0.29) is 6.10 Å². The van der Waals surface area contributed by atoms with Crippen LogP contribution in [0, 0.1) is 11.8 Å². The minimum Gasteiger partial charge on any atom is -0.393 e. The van der Waals surface area contributed by atoms with Crippen molar-refractivity contribution in [2.24, 2.45) is 11.8 Å². The molecule has 1 aliphatic carbocycles. The van der Waals surface area contributed by atoms with Crippen LogP contribution in [-0.2, 0) is 4.74 Å². The molecule has 1 saturated carbocycles. The summed E-state index contributed by atoms with van der Waals surface area (Å²) in [6.45, 7) is 5.23. The molecule has 4 atom stereocenters. The van der Waals surface area contributed by atoms with Crippen molar-refractivity contribution in [3.8, 4) is 0 Å². The smallest absolute Gasteiger partial charge is 0.0615 e. The molecule has 1 N–H and O–H groups in total. The average Bonchev–Trinajstić information content (AvgIpc) is 2.69. The first-order valence-corrected chi connectivity index (χ1v) is 5.63. The number of ether oxygens (including phenoxy) is 1. The van der Waals surface area contributed by atoms with Crippen molar-refractivity contribution in [3.63, 3.8) is 0 Å². The minimum atomic E-state index is -0.0419. The second-order valence-corrected chi connectivity index (χ2v) is 4.83. The minimum absolute atomic E-state index is 0.0419. The second-order valence-electron chi connectivity index (χ2n) is 4.83. The highest BCUT2D eigenvalue weighted by Crippen LogP contribution is 2.38. The van der Waals surface area contributed by atoms with E-state index in [2.05, 4.69) is 11.8 Å². The lowest BCUT2D eigenvalue weighted by Crippen LogP contribution is -2.35. The van der Waals surface area contributed by atoms with E-state index in [0.717, 1.165) is 32.0 Å². The topological polar surface area (TPSA) is 32.7 Å². The first-order chi connectivity index (χ1) is 6.72. The fourth-order valence-electron chi connectivity index (χ4n) is 2.98. The number of aliphatic hydroxyl groups is 1. The van der Waals surface area contributed by atoms with Crippen molar-refractivity contribution in [2.75, 3.05) is 26.8 Å². The van der Waals surface area contributed by atoms with E-state index >= 15 is 0 Å². The van der Waals surface area contributed by atoms with E-state index in [1.165, 1.54) is 6.42 Å². The number of fused-ring (bicyclic) bond motifs is 1. The number of rotatable bonds is 3. The molecule has 82 valence electrons. The third kappa shape index (κ3) is 1.81. The van der Waals surface area contributed by atoms with Crippen molar-refractivity contribution >= 4 is 0 Å². The summed E-state index contributed by atoms with van der Waals surface area (Å²) < 4.78 is 5.16. The molecule has 2 rings (SSSR count). The molecule has 1 heterocycles. The van der Waals surface area contributed by atoms with Crippen molar-refractivity contribution in [2.45, 2.75) is 31.9 Å². The maximum Gasteiger partial charge on any atom is 0.0615 e. The standard InChI is InChI=1S/C11H21NO2/c1-8(7-14-2)12-5-9-3-4-11(13)10(9)6-12/h8-11,13H,3-7H2,1-2H3. The maximum absolute atomic E-state index is 9.77. The molecule has 1 aliphatic heterocycles. The first-order valence-electron chi connectivity index (χ1n) is 5.63. The van der Waals surface area contributed by atoms with Crippen molar-refractivity contribution in [1.29, 1.82) is 0 Å². The Hall–Kier alpha value is -0.120. The van der Waals surface area contributed by atoms with E-state index in [9.17, 15) is 5.11 Å². The van der Waals surface area contributed by atoms with Crippen LogP contribution in [0.15, 0.2) is 0 Å². The van der Waals surface area contributed by atoms with Crippen LogP contribution in [0.4, 0.5) is 0 Å². The first kappa shape index (κ1) is 10.4. The van der Waals surface area contributed by atoms with Gasteiger partial charge in [-0.05, 0) is 25.7 Å². The van der Waals surface area contributed by atoms with E-state index in [4.69, 9.17) is 4.74 Å². The van der Waals surface area contributed by atoms with Gasteiger partial charge < -0.3 is 9.84 Å². The van der Waals surface area contributed by atoms with Gasteiger partial charge in [0.05, 0.1) is 12.7 Å². The normalized spacial score (nSPS) is 40.1. The number of likely N-dealkylation sites (tertiary alicyclic amines) is 1. The molecular weight excluding hydrogens is 178 g/mol. The second kappa shape index (κ2) is 4.17. The van der Waals surface area contributed by atoms with Crippen molar-refractivity contribution in [3.05, 3.63) is 0 Å². The zero-order chi connectivity index (χ0) is 10.1. The van der Waals surface area contributed by atoms with Crippen molar-refractivity contribution in [1.82, 2.24) is 4.90 Å². The Morgan fingerprint density at radius 2 is 2.21 bits per heavy atom. The third-order valence-corrected chi connectivity index (χ3v) is 3.88. The predicted octanol–water partition coefficient (Wildman–Crippen LogP) is 0.724. The van der Waals surface area contributed by atoms with Crippen LogP contribution in [0.2, 0.25) is 0 Å². The highest BCUT2D eigenvalue weighted by molar-refractivity contribution is 4.94. The van der Waals surface area contributed by atoms with Gasteiger partial charge in [-0.25, -0.2) is 0 Å². The summed E-state index contributed by atoms with van der Waals surface area (Å²) in [6.07, 6.45) is 2.18. The summed E-state index contributed by atoms with van der Waals surface area (Å²) >= 11 is 0. The lowest BCUT2D eigenvalue weighted by molar-refractivity contribution is 0.0915. The Labute approximate surface area is 86.0 Å². The van der Waals surface area contributed by atoms with E-state index in [1.54, 1.807) is 7.11 Å². The van der Waals surface area contributed by atoms with Gasteiger partial charge in [-0.3, -0.25) is 4.90 Å². The van der Waals surface area contributed by atoms with Gasteiger partial charge in [0.15, 0.2) is 0 Å². The highest BCUT2D eigenvalue weighted by atomic mass is 16.5. The van der Waals surface area contributed by atoms with Gasteiger partial charge in [0.1, 0.15) is 0 Å². The number of hydrogen-bond donors (Lipinski definition) is 1.